The molecule has 0 amide bonds. The Kier molecular flexibility index (Phi) is 3.76. The minimum atomic E-state index is 0.674. The number of nitrogens with one attached hydrogen (secondary N) is 1. The molecule has 1 N–H and O–H groups in total. The monoisotopic (exact) mass is 333 g/mol. The first-order valence-corrected chi connectivity index (χ1v) is 8.24. The molecule has 0 aliphatic rings. The van der Waals surface area contributed by atoms with Crippen molar-refractivity contribution in [3.8, 4) is 11.3 Å². The summed E-state index contributed by atoms with van der Waals surface area (Å²) in [5.41, 5.74) is 4.55. The number of aromatic nitrogens is 2. The molecule has 0 radical (unpaired) electrons. The van der Waals surface area contributed by atoms with Crippen LogP contribution in [0.2, 0.25) is 0 Å². The van der Waals surface area contributed by atoms with Gasteiger partial charge < -0.3 is 14.3 Å². The molecule has 5 nitrogen and oxygen atoms in total. The molecule has 4 rings (SSSR count). The zero-order valence-electron chi connectivity index (χ0n) is 14.5. The number of nitrogens with zero attached hydrogens (tertiary/aromatic N) is 2. The smallest absolute Gasteiger partial charge is 0.176 e. The number of aryl methyl sites for hydroxylation is 3. The highest BCUT2D eigenvalue weighted by Crippen LogP contribution is 2.33. The van der Waals surface area contributed by atoms with Crippen molar-refractivity contribution in [2.75, 3.05) is 5.32 Å². The normalized spacial score (nSPS) is 11.2. The van der Waals surface area contributed by atoms with Gasteiger partial charge >= 0.3 is 0 Å². The molecule has 0 atom stereocenters. The van der Waals surface area contributed by atoms with Gasteiger partial charge in [-0.25, -0.2) is 4.98 Å². The summed E-state index contributed by atoms with van der Waals surface area (Å²) in [6, 6.07) is 14.3. The Hall–Kier alpha value is -3.08. The minimum absolute atomic E-state index is 0.674. The van der Waals surface area contributed by atoms with E-state index in [-0.39, 0.29) is 0 Å². The SMILES string of the molecule is Cc1cc2cc(-c3c(C)noc3C)nc(NCc3ccccc3)c2o1. The van der Waals surface area contributed by atoms with Gasteiger partial charge in [-0.15, -0.1) is 0 Å². The number of anilines is 1. The summed E-state index contributed by atoms with van der Waals surface area (Å²) >= 11 is 0. The molecular weight excluding hydrogens is 314 g/mol. The summed E-state index contributed by atoms with van der Waals surface area (Å²) < 4.78 is 11.2. The van der Waals surface area contributed by atoms with Gasteiger partial charge in [-0.2, -0.15) is 0 Å². The third kappa shape index (κ3) is 2.89. The minimum Gasteiger partial charge on any atom is -0.457 e. The van der Waals surface area contributed by atoms with Crippen LogP contribution < -0.4 is 5.32 Å². The number of furan rings is 1. The van der Waals surface area contributed by atoms with E-state index in [2.05, 4.69) is 22.6 Å². The molecule has 126 valence electrons. The van der Waals surface area contributed by atoms with Crippen LogP contribution >= 0.6 is 0 Å². The summed E-state index contributed by atoms with van der Waals surface area (Å²) in [6.07, 6.45) is 0. The van der Waals surface area contributed by atoms with E-state index in [4.69, 9.17) is 13.9 Å². The van der Waals surface area contributed by atoms with Crippen LogP contribution in [0.1, 0.15) is 22.8 Å². The molecule has 1 aromatic carbocycles. The first-order valence-electron chi connectivity index (χ1n) is 8.24. The van der Waals surface area contributed by atoms with Crippen molar-refractivity contribution in [1.29, 1.82) is 0 Å². The average molecular weight is 333 g/mol. The van der Waals surface area contributed by atoms with E-state index in [1.807, 2.05) is 51.1 Å². The second kappa shape index (κ2) is 6.09. The lowest BCUT2D eigenvalue weighted by Crippen LogP contribution is -2.02. The van der Waals surface area contributed by atoms with Crippen LogP contribution in [-0.4, -0.2) is 10.1 Å². The molecule has 0 aliphatic carbocycles. The lowest BCUT2D eigenvalue weighted by molar-refractivity contribution is 0.393. The van der Waals surface area contributed by atoms with Crippen LogP contribution in [-0.2, 0) is 6.54 Å². The quantitative estimate of drug-likeness (QED) is 0.568. The van der Waals surface area contributed by atoms with E-state index >= 15 is 0 Å². The topological polar surface area (TPSA) is 64.1 Å². The van der Waals surface area contributed by atoms with Gasteiger partial charge in [-0.3, -0.25) is 0 Å². The van der Waals surface area contributed by atoms with Gasteiger partial charge in [0.15, 0.2) is 11.4 Å². The number of hydrogen-bond acceptors (Lipinski definition) is 5. The zero-order valence-corrected chi connectivity index (χ0v) is 14.5. The number of hydrogen-bond donors (Lipinski definition) is 1. The van der Waals surface area contributed by atoms with E-state index in [1.54, 1.807) is 0 Å². The fourth-order valence-electron chi connectivity index (χ4n) is 3.06. The molecule has 0 unspecified atom stereocenters. The van der Waals surface area contributed by atoms with Crippen LogP contribution in [0.5, 0.6) is 0 Å². The van der Waals surface area contributed by atoms with E-state index in [0.717, 1.165) is 45.3 Å². The maximum atomic E-state index is 5.86. The van der Waals surface area contributed by atoms with Crippen LogP contribution in [0.4, 0.5) is 5.82 Å². The Labute approximate surface area is 145 Å². The predicted octanol–water partition coefficient (Wildman–Crippen LogP) is 5.02. The van der Waals surface area contributed by atoms with E-state index in [9.17, 15) is 0 Å². The standard InChI is InChI=1S/C20H19N3O2/c1-12-9-16-10-17(18-13(2)23-25-14(18)3)22-20(19(16)24-12)21-11-15-7-5-4-6-8-15/h4-10H,11H2,1-3H3,(H,21,22). The average Bonchev–Trinajstić information content (AvgIpc) is 3.14. The van der Waals surface area contributed by atoms with Crippen molar-refractivity contribution in [3.63, 3.8) is 0 Å². The van der Waals surface area contributed by atoms with Crippen molar-refractivity contribution in [3.05, 3.63) is 65.2 Å². The van der Waals surface area contributed by atoms with Crippen LogP contribution in [0, 0.1) is 20.8 Å². The Balaban J connectivity index is 1.79. The highest BCUT2D eigenvalue weighted by Gasteiger charge is 2.17. The van der Waals surface area contributed by atoms with Crippen LogP contribution in [0.3, 0.4) is 0 Å². The number of pyridine rings is 1. The van der Waals surface area contributed by atoms with Crippen molar-refractivity contribution in [2.45, 2.75) is 27.3 Å². The number of fused-ring (bicyclic) bond motifs is 1. The van der Waals surface area contributed by atoms with Gasteiger partial charge in [0, 0.05) is 11.9 Å². The molecule has 0 saturated carbocycles. The fourth-order valence-corrected chi connectivity index (χ4v) is 3.06. The van der Waals surface area contributed by atoms with Gasteiger partial charge in [0.25, 0.3) is 0 Å². The summed E-state index contributed by atoms with van der Waals surface area (Å²) in [5.74, 6) is 2.35. The van der Waals surface area contributed by atoms with Crippen molar-refractivity contribution in [1.82, 2.24) is 10.1 Å². The van der Waals surface area contributed by atoms with Crippen molar-refractivity contribution >= 4 is 16.8 Å². The van der Waals surface area contributed by atoms with Gasteiger partial charge in [0.05, 0.1) is 17.0 Å². The van der Waals surface area contributed by atoms with Crippen LogP contribution in [0.15, 0.2) is 51.4 Å². The zero-order chi connectivity index (χ0) is 17.4. The summed E-state index contributed by atoms with van der Waals surface area (Å²) in [7, 11) is 0. The Morgan fingerprint density at radius 2 is 1.84 bits per heavy atom. The summed E-state index contributed by atoms with van der Waals surface area (Å²) in [6.45, 7) is 6.44. The molecule has 25 heavy (non-hydrogen) atoms. The van der Waals surface area contributed by atoms with E-state index in [1.165, 1.54) is 5.56 Å². The molecule has 4 aromatic rings. The van der Waals surface area contributed by atoms with Crippen molar-refractivity contribution < 1.29 is 8.94 Å². The molecule has 5 heteroatoms. The number of rotatable bonds is 4. The molecular formula is C20H19N3O2. The number of benzene rings is 1. The third-order valence-corrected chi connectivity index (χ3v) is 4.22. The lowest BCUT2D eigenvalue weighted by Gasteiger charge is -2.09. The molecule has 0 fully saturated rings. The molecule has 3 heterocycles. The van der Waals surface area contributed by atoms with Gasteiger partial charge in [0.1, 0.15) is 11.5 Å². The van der Waals surface area contributed by atoms with Crippen LogP contribution in [0.25, 0.3) is 22.2 Å². The predicted molar refractivity (Wildman–Crippen MR) is 97.5 cm³/mol. The summed E-state index contributed by atoms with van der Waals surface area (Å²) in [4.78, 5) is 4.79. The molecule has 0 spiro atoms. The van der Waals surface area contributed by atoms with Gasteiger partial charge in [0.2, 0.25) is 0 Å². The largest absolute Gasteiger partial charge is 0.457 e. The molecule has 0 saturated heterocycles. The van der Waals surface area contributed by atoms with Gasteiger partial charge in [-0.05, 0) is 38.5 Å². The maximum Gasteiger partial charge on any atom is 0.176 e. The fraction of sp³-hybridized carbons (Fsp3) is 0.200. The first-order chi connectivity index (χ1) is 12.1. The summed E-state index contributed by atoms with van der Waals surface area (Å²) in [5, 5.41) is 8.46. The molecule has 0 bridgehead atoms. The Morgan fingerprint density at radius 1 is 1.04 bits per heavy atom. The van der Waals surface area contributed by atoms with E-state index in [0.29, 0.717) is 6.54 Å². The molecule has 0 aliphatic heterocycles. The maximum absolute atomic E-state index is 5.86. The Morgan fingerprint density at radius 3 is 2.56 bits per heavy atom. The van der Waals surface area contributed by atoms with Gasteiger partial charge in [-0.1, -0.05) is 35.5 Å². The second-order valence-corrected chi connectivity index (χ2v) is 6.17. The lowest BCUT2D eigenvalue weighted by atomic mass is 10.1. The first kappa shape index (κ1) is 15.4. The van der Waals surface area contributed by atoms with Crippen molar-refractivity contribution in [2.24, 2.45) is 0 Å². The van der Waals surface area contributed by atoms with E-state index < -0.39 is 0 Å². The highest BCUT2D eigenvalue weighted by molar-refractivity contribution is 5.91. The third-order valence-electron chi connectivity index (χ3n) is 4.22. The second-order valence-electron chi connectivity index (χ2n) is 6.17. The highest BCUT2D eigenvalue weighted by atomic mass is 16.5. The Bertz CT molecular complexity index is 1010. The molecule has 3 aromatic heterocycles.